The highest BCUT2D eigenvalue weighted by Crippen LogP contribution is 2.29. The average Bonchev–Trinajstić information content (AvgIpc) is 3.36. The summed E-state index contributed by atoms with van der Waals surface area (Å²) in [5.74, 6) is 0.204. The monoisotopic (exact) mass is 337 g/mol. The maximum absolute atomic E-state index is 10.1. The van der Waals surface area contributed by atoms with Crippen LogP contribution in [0.3, 0.4) is 0 Å². The summed E-state index contributed by atoms with van der Waals surface area (Å²) < 4.78 is 2.21. The highest BCUT2D eigenvalue weighted by molar-refractivity contribution is 5.77. The lowest BCUT2D eigenvalue weighted by molar-refractivity contribution is -0.119. The smallest absolute Gasteiger partial charge is 0.220 e. The molecule has 4 heteroatoms. The fourth-order valence-electron chi connectivity index (χ4n) is 4.25. The van der Waals surface area contributed by atoms with Crippen molar-refractivity contribution in [2.45, 2.75) is 64.7 Å². The van der Waals surface area contributed by atoms with E-state index < -0.39 is 0 Å². The van der Waals surface area contributed by atoms with Crippen molar-refractivity contribution in [1.29, 1.82) is 0 Å². The van der Waals surface area contributed by atoms with Gasteiger partial charge in [-0.05, 0) is 87.1 Å². The van der Waals surface area contributed by atoms with Gasteiger partial charge in [0.2, 0.25) is 5.91 Å². The summed E-state index contributed by atoms with van der Waals surface area (Å²) >= 11 is 0. The van der Waals surface area contributed by atoms with Gasteiger partial charge in [0.25, 0.3) is 0 Å². The molecule has 0 radical (unpaired) electrons. The van der Waals surface area contributed by atoms with Gasteiger partial charge in [0.15, 0.2) is 0 Å². The van der Waals surface area contributed by atoms with E-state index in [1.54, 1.807) is 5.56 Å². The Morgan fingerprint density at radius 2 is 1.80 bits per heavy atom. The van der Waals surface area contributed by atoms with Crippen molar-refractivity contribution in [3.05, 3.63) is 46.3 Å². The number of hydrogen-bond acceptors (Lipinski definition) is 2. The van der Waals surface area contributed by atoms with Crippen LogP contribution in [-0.4, -0.2) is 22.2 Å². The molecule has 0 saturated carbocycles. The maximum Gasteiger partial charge on any atom is 0.220 e. The van der Waals surface area contributed by atoms with Crippen molar-refractivity contribution in [1.82, 2.24) is 15.1 Å². The number of aryl methyl sites for hydroxylation is 3. The SMILES string of the molecule is Cc1nn(-c2ccc3c(c2)CCC3)c2c1CCCC2.O=C1CCCN1. The van der Waals surface area contributed by atoms with E-state index >= 15 is 0 Å². The van der Waals surface area contributed by atoms with Crippen LogP contribution in [0.4, 0.5) is 0 Å². The third-order valence-corrected chi connectivity index (χ3v) is 5.61. The number of nitrogens with one attached hydrogen (secondary N) is 1. The van der Waals surface area contributed by atoms with Crippen molar-refractivity contribution in [3.8, 4) is 5.69 Å². The molecule has 3 aliphatic rings. The predicted molar refractivity (Wildman–Crippen MR) is 99.2 cm³/mol. The summed E-state index contributed by atoms with van der Waals surface area (Å²) in [5.41, 5.74) is 8.55. The fraction of sp³-hybridized carbons (Fsp3) is 0.524. The summed E-state index contributed by atoms with van der Waals surface area (Å²) in [4.78, 5) is 10.1. The molecule has 0 bridgehead atoms. The first-order chi connectivity index (χ1) is 12.2. The van der Waals surface area contributed by atoms with Gasteiger partial charge in [-0.25, -0.2) is 4.68 Å². The quantitative estimate of drug-likeness (QED) is 0.866. The van der Waals surface area contributed by atoms with Crippen LogP contribution in [0.5, 0.6) is 0 Å². The van der Waals surface area contributed by atoms with Crippen LogP contribution in [0.25, 0.3) is 5.69 Å². The van der Waals surface area contributed by atoms with Crippen LogP contribution in [0.2, 0.25) is 0 Å². The lowest BCUT2D eigenvalue weighted by Crippen LogP contribution is -2.12. The molecule has 0 unspecified atom stereocenters. The molecule has 5 rings (SSSR count). The van der Waals surface area contributed by atoms with E-state index in [2.05, 4.69) is 35.1 Å². The Morgan fingerprint density at radius 3 is 2.56 bits per heavy atom. The number of carbonyl (C=O) groups is 1. The topological polar surface area (TPSA) is 46.9 Å². The highest BCUT2D eigenvalue weighted by atomic mass is 16.1. The molecule has 1 aliphatic heterocycles. The molecule has 2 aliphatic carbocycles. The summed E-state index contributed by atoms with van der Waals surface area (Å²) in [7, 11) is 0. The van der Waals surface area contributed by atoms with Gasteiger partial charge in [-0.3, -0.25) is 4.79 Å². The van der Waals surface area contributed by atoms with Crippen molar-refractivity contribution in [2.75, 3.05) is 6.54 Å². The molecular weight excluding hydrogens is 310 g/mol. The van der Waals surface area contributed by atoms with Crippen molar-refractivity contribution in [2.24, 2.45) is 0 Å². The Hall–Kier alpha value is -2.10. The predicted octanol–water partition coefficient (Wildman–Crippen LogP) is 3.44. The van der Waals surface area contributed by atoms with Crippen LogP contribution in [-0.2, 0) is 30.5 Å². The molecule has 2 aromatic rings. The Bertz CT molecular complexity index is 783. The van der Waals surface area contributed by atoms with E-state index in [1.807, 2.05) is 0 Å². The molecule has 1 aromatic heterocycles. The maximum atomic E-state index is 10.1. The zero-order chi connectivity index (χ0) is 17.2. The second-order valence-corrected chi connectivity index (χ2v) is 7.39. The van der Waals surface area contributed by atoms with Gasteiger partial charge >= 0.3 is 0 Å². The molecule has 4 nitrogen and oxygen atoms in total. The molecule has 1 N–H and O–H groups in total. The first-order valence-electron chi connectivity index (χ1n) is 9.68. The van der Waals surface area contributed by atoms with E-state index in [4.69, 9.17) is 5.10 Å². The molecule has 2 heterocycles. The summed E-state index contributed by atoms with van der Waals surface area (Å²) in [6, 6.07) is 6.93. The highest BCUT2D eigenvalue weighted by Gasteiger charge is 2.20. The van der Waals surface area contributed by atoms with Gasteiger partial charge < -0.3 is 5.32 Å². The number of rotatable bonds is 1. The number of amides is 1. The molecule has 1 amide bonds. The number of nitrogens with zero attached hydrogens (tertiary/aromatic N) is 2. The van der Waals surface area contributed by atoms with Crippen LogP contribution in [0.15, 0.2) is 18.2 Å². The molecule has 132 valence electrons. The largest absolute Gasteiger partial charge is 0.356 e. The van der Waals surface area contributed by atoms with Gasteiger partial charge in [0, 0.05) is 18.7 Å². The van der Waals surface area contributed by atoms with E-state index in [0.29, 0.717) is 0 Å². The van der Waals surface area contributed by atoms with E-state index in [9.17, 15) is 4.79 Å². The average molecular weight is 337 g/mol. The normalized spacial score (nSPS) is 18.2. The minimum absolute atomic E-state index is 0.204. The van der Waals surface area contributed by atoms with Gasteiger partial charge in [0.1, 0.15) is 0 Å². The number of benzene rings is 1. The zero-order valence-corrected chi connectivity index (χ0v) is 15.1. The second-order valence-electron chi connectivity index (χ2n) is 7.39. The molecule has 1 fully saturated rings. The Kier molecular flexibility index (Phi) is 4.60. The Morgan fingerprint density at radius 1 is 0.960 bits per heavy atom. The molecule has 25 heavy (non-hydrogen) atoms. The van der Waals surface area contributed by atoms with Gasteiger partial charge in [-0.2, -0.15) is 5.10 Å². The van der Waals surface area contributed by atoms with E-state index in [1.165, 1.54) is 73.1 Å². The van der Waals surface area contributed by atoms with Gasteiger partial charge in [-0.1, -0.05) is 6.07 Å². The zero-order valence-electron chi connectivity index (χ0n) is 15.1. The van der Waals surface area contributed by atoms with Crippen LogP contribution in [0.1, 0.15) is 60.2 Å². The summed E-state index contributed by atoms with van der Waals surface area (Å²) in [6.07, 6.45) is 10.6. The lowest BCUT2D eigenvalue weighted by atomic mass is 9.96. The third kappa shape index (κ3) is 3.35. The second kappa shape index (κ2) is 7.03. The lowest BCUT2D eigenvalue weighted by Gasteiger charge is -2.14. The van der Waals surface area contributed by atoms with Crippen molar-refractivity contribution in [3.63, 3.8) is 0 Å². The standard InChI is InChI=1S/C17H20N2.C4H7NO/c1-12-16-7-2-3-8-17(16)19(18-12)15-10-9-13-5-4-6-14(13)11-15;6-4-2-1-3-5-4/h9-11H,2-8H2,1H3;1-3H2,(H,5,6). The first-order valence-corrected chi connectivity index (χ1v) is 9.68. The molecule has 1 aromatic carbocycles. The van der Waals surface area contributed by atoms with E-state index in [-0.39, 0.29) is 5.91 Å². The Balaban J connectivity index is 0.000000223. The fourth-order valence-corrected chi connectivity index (χ4v) is 4.25. The molecular formula is C21H27N3O. The minimum Gasteiger partial charge on any atom is -0.356 e. The molecule has 0 spiro atoms. The van der Waals surface area contributed by atoms with Gasteiger partial charge in [-0.15, -0.1) is 0 Å². The van der Waals surface area contributed by atoms with Gasteiger partial charge in [0.05, 0.1) is 11.4 Å². The van der Waals surface area contributed by atoms with Crippen molar-refractivity contribution < 1.29 is 4.79 Å². The molecule has 1 saturated heterocycles. The van der Waals surface area contributed by atoms with Crippen LogP contribution < -0.4 is 5.32 Å². The number of hydrogen-bond donors (Lipinski definition) is 1. The first kappa shape index (κ1) is 16.4. The molecule has 0 atom stereocenters. The number of aromatic nitrogens is 2. The third-order valence-electron chi connectivity index (χ3n) is 5.61. The van der Waals surface area contributed by atoms with Crippen LogP contribution >= 0.6 is 0 Å². The number of fused-ring (bicyclic) bond motifs is 2. The minimum atomic E-state index is 0.204. The Labute approximate surface area is 149 Å². The van der Waals surface area contributed by atoms with Crippen molar-refractivity contribution >= 4 is 5.91 Å². The summed E-state index contributed by atoms with van der Waals surface area (Å²) in [5, 5.41) is 7.49. The van der Waals surface area contributed by atoms with Crippen LogP contribution in [0, 0.1) is 6.92 Å². The summed E-state index contributed by atoms with van der Waals surface area (Å²) in [6.45, 7) is 3.05. The number of carbonyl (C=O) groups excluding carboxylic acids is 1. The van der Waals surface area contributed by atoms with E-state index in [0.717, 1.165) is 19.4 Å².